The molecule has 0 radical (unpaired) electrons. The Kier molecular flexibility index (Phi) is 6.48. The minimum atomic E-state index is -2.69. The zero-order valence-corrected chi connectivity index (χ0v) is 20.8. The van der Waals surface area contributed by atoms with Crippen LogP contribution in [0.1, 0.15) is 26.4 Å². The Morgan fingerprint density at radius 2 is 1.92 bits per heavy atom. The van der Waals surface area contributed by atoms with Crippen LogP contribution in [-0.2, 0) is 13.6 Å². The molecule has 2 aromatic carbocycles. The van der Waals surface area contributed by atoms with Crippen LogP contribution in [0.25, 0.3) is 27.8 Å². The number of nitrogens with two attached hydrogens (primary N) is 1. The highest BCUT2D eigenvalue weighted by atomic mass is 19.3. The smallest absolute Gasteiger partial charge is 0.350 e. The Morgan fingerprint density at radius 1 is 1.13 bits per heavy atom. The van der Waals surface area contributed by atoms with E-state index in [0.717, 1.165) is 4.68 Å². The molecule has 3 N–H and O–H groups in total. The molecule has 5 aromatic rings. The molecule has 0 aliphatic carbocycles. The molecule has 0 fully saturated rings. The van der Waals surface area contributed by atoms with Crippen LogP contribution in [0.4, 0.5) is 14.5 Å². The third kappa shape index (κ3) is 4.77. The van der Waals surface area contributed by atoms with Gasteiger partial charge in [-0.2, -0.15) is 10.2 Å². The highest BCUT2D eigenvalue weighted by Crippen LogP contribution is 2.32. The number of benzene rings is 2. The molecule has 0 atom stereocenters. The summed E-state index contributed by atoms with van der Waals surface area (Å²) in [5, 5.41) is 11.2. The van der Waals surface area contributed by atoms with E-state index in [9.17, 15) is 23.2 Å². The number of amides is 2. The van der Waals surface area contributed by atoms with E-state index in [1.807, 2.05) is 0 Å². The van der Waals surface area contributed by atoms with Gasteiger partial charge in [-0.05, 0) is 48.9 Å². The second-order valence-corrected chi connectivity index (χ2v) is 8.76. The Hall–Kier alpha value is -5.20. The average molecular weight is 533 g/mol. The fourth-order valence-corrected chi connectivity index (χ4v) is 4.33. The Bertz CT molecular complexity index is 1790. The summed E-state index contributed by atoms with van der Waals surface area (Å²) in [4.78, 5) is 41.5. The van der Waals surface area contributed by atoms with Gasteiger partial charge in [0.2, 0.25) is 5.91 Å². The molecule has 3 heterocycles. The normalized spacial score (nSPS) is 11.3. The zero-order valence-electron chi connectivity index (χ0n) is 20.8. The number of nitrogens with one attached hydrogen (secondary N) is 1. The van der Waals surface area contributed by atoms with Crippen LogP contribution in [0.2, 0.25) is 0 Å². The number of anilines is 1. The number of rotatable bonds is 7. The monoisotopic (exact) mass is 532 g/mol. The Balaban J connectivity index is 1.57. The van der Waals surface area contributed by atoms with E-state index in [1.54, 1.807) is 43.3 Å². The minimum absolute atomic E-state index is 0.0620. The molecule has 11 nitrogen and oxygen atoms in total. The first-order chi connectivity index (χ1) is 18.6. The molecule has 2 amide bonds. The lowest BCUT2D eigenvalue weighted by Crippen LogP contribution is -2.21. The molecule has 0 unspecified atom stereocenters. The summed E-state index contributed by atoms with van der Waals surface area (Å²) in [6, 6.07) is 12.8. The number of primary amides is 1. The van der Waals surface area contributed by atoms with Gasteiger partial charge in [-0.25, -0.2) is 22.8 Å². The van der Waals surface area contributed by atoms with Crippen LogP contribution < -0.4 is 16.7 Å². The van der Waals surface area contributed by atoms with E-state index in [0.29, 0.717) is 39.1 Å². The van der Waals surface area contributed by atoms with Gasteiger partial charge in [0, 0.05) is 29.2 Å². The molecule has 5 rings (SSSR count). The summed E-state index contributed by atoms with van der Waals surface area (Å²) in [5.74, 6) is -1.31. The predicted molar refractivity (Wildman–Crippen MR) is 139 cm³/mol. The van der Waals surface area contributed by atoms with E-state index < -0.39 is 24.8 Å². The van der Waals surface area contributed by atoms with E-state index in [4.69, 9.17) is 5.73 Å². The molecule has 198 valence electrons. The highest BCUT2D eigenvalue weighted by Gasteiger charge is 2.23. The van der Waals surface area contributed by atoms with Crippen LogP contribution >= 0.6 is 0 Å². The molecular formula is C26H22F2N8O3. The number of nitrogens with zero attached hydrogens (tertiary/aromatic N) is 6. The number of alkyl halides is 2. The number of hydrogen-bond donors (Lipinski definition) is 2. The van der Waals surface area contributed by atoms with Crippen molar-refractivity contribution < 1.29 is 18.4 Å². The first-order valence-corrected chi connectivity index (χ1v) is 11.7. The van der Waals surface area contributed by atoms with Gasteiger partial charge in [-0.1, -0.05) is 12.1 Å². The first kappa shape index (κ1) is 25.4. The van der Waals surface area contributed by atoms with Crippen LogP contribution in [0.5, 0.6) is 0 Å². The summed E-state index contributed by atoms with van der Waals surface area (Å²) in [6.07, 6.45) is 0.209. The zero-order chi connectivity index (χ0) is 27.8. The third-order valence-corrected chi connectivity index (χ3v) is 6.23. The number of carbonyl (C=O) groups is 2. The molecule has 0 saturated carbocycles. The molecular weight excluding hydrogens is 510 g/mol. The maximum atomic E-state index is 13.3. The van der Waals surface area contributed by atoms with Crippen LogP contribution in [0.15, 0.2) is 65.8 Å². The number of pyridine rings is 1. The van der Waals surface area contributed by atoms with Crippen molar-refractivity contribution in [3.63, 3.8) is 0 Å². The van der Waals surface area contributed by atoms with Crippen molar-refractivity contribution >= 4 is 28.4 Å². The highest BCUT2D eigenvalue weighted by molar-refractivity contribution is 6.13. The Morgan fingerprint density at radius 3 is 2.56 bits per heavy atom. The number of aromatic nitrogens is 6. The van der Waals surface area contributed by atoms with Gasteiger partial charge in [0.05, 0.1) is 23.1 Å². The topological polar surface area (TPSA) is 143 Å². The second kappa shape index (κ2) is 9.93. The maximum Gasteiger partial charge on any atom is 0.350 e. The maximum absolute atomic E-state index is 13.3. The van der Waals surface area contributed by atoms with Crippen molar-refractivity contribution in [1.29, 1.82) is 0 Å². The first-order valence-electron chi connectivity index (χ1n) is 11.7. The standard InChI is InChI=1S/C26H22F2N8O3/c1-14-18(19-8-6-17(11-30-19)35-13-31-34(2)26(35)39)7-9-20-22(14)23(33-36(20)12-21(27)28)25(38)32-16-5-3-4-15(10-16)24(29)37/h3-11,13,21H,12H2,1-2H3,(H2,29,37)(H,32,38). The summed E-state index contributed by atoms with van der Waals surface area (Å²) in [7, 11) is 1.54. The van der Waals surface area contributed by atoms with Crippen LogP contribution in [-0.4, -0.2) is 47.4 Å². The molecule has 0 aliphatic rings. The molecule has 0 spiro atoms. The SMILES string of the molecule is Cc1c(-c2ccc(-n3cnn(C)c3=O)cn2)ccc2c1c(C(=O)Nc1cccc(C(N)=O)c1)nn2CC(F)F. The van der Waals surface area contributed by atoms with Gasteiger partial charge in [0.15, 0.2) is 5.69 Å². The number of fused-ring (bicyclic) bond motifs is 1. The van der Waals surface area contributed by atoms with E-state index in [1.165, 1.54) is 41.0 Å². The molecule has 0 saturated heterocycles. The van der Waals surface area contributed by atoms with Gasteiger partial charge >= 0.3 is 5.69 Å². The lowest BCUT2D eigenvalue weighted by molar-refractivity contribution is 0.0995. The van der Waals surface area contributed by atoms with Crippen LogP contribution in [0.3, 0.4) is 0 Å². The lowest BCUT2D eigenvalue weighted by Gasteiger charge is -2.10. The molecule has 0 bridgehead atoms. The molecule has 0 aliphatic heterocycles. The van der Waals surface area contributed by atoms with Crippen LogP contribution in [0, 0.1) is 6.92 Å². The van der Waals surface area contributed by atoms with Crippen molar-refractivity contribution in [3.05, 3.63) is 88.4 Å². The number of carbonyl (C=O) groups excluding carboxylic acids is 2. The second-order valence-electron chi connectivity index (χ2n) is 8.76. The fraction of sp³-hybridized carbons (Fsp3) is 0.154. The van der Waals surface area contributed by atoms with Gasteiger partial charge in [-0.3, -0.25) is 19.3 Å². The van der Waals surface area contributed by atoms with Crippen molar-refractivity contribution in [1.82, 2.24) is 29.1 Å². The number of aryl methyl sites for hydroxylation is 2. The lowest BCUT2D eigenvalue weighted by atomic mass is 9.99. The average Bonchev–Trinajstić information content (AvgIpc) is 3.44. The largest absolute Gasteiger partial charge is 0.366 e. The van der Waals surface area contributed by atoms with E-state index >= 15 is 0 Å². The van der Waals surface area contributed by atoms with Crippen molar-refractivity contribution in [2.75, 3.05) is 5.32 Å². The van der Waals surface area contributed by atoms with E-state index in [2.05, 4.69) is 20.5 Å². The number of hydrogen-bond acceptors (Lipinski definition) is 6. The quantitative estimate of drug-likeness (QED) is 0.330. The van der Waals surface area contributed by atoms with Crippen molar-refractivity contribution in [2.24, 2.45) is 12.8 Å². The number of halogens is 2. The summed E-state index contributed by atoms with van der Waals surface area (Å²) >= 11 is 0. The molecule has 39 heavy (non-hydrogen) atoms. The van der Waals surface area contributed by atoms with E-state index in [-0.39, 0.29) is 16.9 Å². The van der Waals surface area contributed by atoms with Gasteiger partial charge in [0.1, 0.15) is 12.9 Å². The minimum Gasteiger partial charge on any atom is -0.366 e. The van der Waals surface area contributed by atoms with Crippen molar-refractivity contribution in [2.45, 2.75) is 19.9 Å². The summed E-state index contributed by atoms with van der Waals surface area (Å²) in [5.41, 5.74) is 8.08. The molecule has 13 heteroatoms. The van der Waals surface area contributed by atoms with Crippen molar-refractivity contribution in [3.8, 4) is 16.9 Å². The fourth-order valence-electron chi connectivity index (χ4n) is 4.33. The van der Waals surface area contributed by atoms with Gasteiger partial charge < -0.3 is 11.1 Å². The Labute approximate surface area is 219 Å². The molecule has 3 aromatic heterocycles. The van der Waals surface area contributed by atoms with Gasteiger partial charge in [-0.15, -0.1) is 0 Å². The van der Waals surface area contributed by atoms with Gasteiger partial charge in [0.25, 0.3) is 12.3 Å². The third-order valence-electron chi connectivity index (χ3n) is 6.23. The predicted octanol–water partition coefficient (Wildman–Crippen LogP) is 2.91. The summed E-state index contributed by atoms with van der Waals surface area (Å²) < 4.78 is 30.3. The summed E-state index contributed by atoms with van der Waals surface area (Å²) in [6.45, 7) is 1.05.